The van der Waals surface area contributed by atoms with Crippen LogP contribution in [0, 0.1) is 0 Å². The van der Waals surface area contributed by atoms with E-state index in [1.807, 2.05) is 47.4 Å². The van der Waals surface area contributed by atoms with E-state index in [1.165, 1.54) is 0 Å². The zero-order chi connectivity index (χ0) is 24.9. The van der Waals surface area contributed by atoms with Gasteiger partial charge in [0, 0.05) is 43.3 Å². The second-order valence-electron chi connectivity index (χ2n) is 8.94. The number of rotatable bonds is 8. The predicted octanol–water partition coefficient (Wildman–Crippen LogP) is 4.49. The van der Waals surface area contributed by atoms with Crippen molar-refractivity contribution in [1.29, 1.82) is 0 Å². The Bertz CT molecular complexity index is 1220. The maximum Gasteiger partial charge on any atom is 0.272 e. The van der Waals surface area contributed by atoms with Crippen molar-refractivity contribution in [3.63, 3.8) is 0 Å². The molecule has 8 nitrogen and oxygen atoms in total. The zero-order valence-corrected chi connectivity index (χ0v) is 20.9. The molecule has 1 unspecified atom stereocenters. The predicted molar refractivity (Wildman–Crippen MR) is 139 cm³/mol. The van der Waals surface area contributed by atoms with E-state index in [0.29, 0.717) is 29.6 Å². The summed E-state index contributed by atoms with van der Waals surface area (Å²) >= 11 is 6.45. The van der Waals surface area contributed by atoms with E-state index in [9.17, 15) is 4.79 Å². The Labute approximate surface area is 216 Å². The number of amides is 1. The number of hydrogen-bond acceptors (Lipinski definition) is 7. The second-order valence-corrected chi connectivity index (χ2v) is 9.35. The maximum absolute atomic E-state index is 13.4. The van der Waals surface area contributed by atoms with Crippen LogP contribution in [0.2, 0.25) is 5.02 Å². The first-order valence-corrected chi connectivity index (χ1v) is 12.6. The van der Waals surface area contributed by atoms with Gasteiger partial charge < -0.3 is 15.1 Å². The fourth-order valence-electron chi connectivity index (χ4n) is 4.86. The lowest BCUT2D eigenvalue weighted by molar-refractivity contribution is 0.0623. The minimum atomic E-state index is -0.313. The normalized spacial score (nSPS) is 18.1. The third kappa shape index (κ3) is 5.20. The summed E-state index contributed by atoms with van der Waals surface area (Å²) in [6, 6.07) is 15.2. The largest absolute Gasteiger partial charge is 0.495 e. The molecule has 0 spiro atoms. The number of nitrogens with zero attached hydrogens (tertiary/aromatic N) is 5. The van der Waals surface area contributed by atoms with Crippen LogP contribution >= 0.6 is 11.6 Å². The van der Waals surface area contributed by atoms with Crippen molar-refractivity contribution in [3.05, 3.63) is 89.0 Å². The van der Waals surface area contributed by atoms with Crippen LogP contribution in [0.25, 0.3) is 0 Å². The Morgan fingerprint density at radius 3 is 2.64 bits per heavy atom. The van der Waals surface area contributed by atoms with Crippen molar-refractivity contribution in [2.75, 3.05) is 20.2 Å². The molecule has 1 saturated carbocycles. The van der Waals surface area contributed by atoms with Crippen molar-refractivity contribution >= 4 is 23.3 Å². The third-order valence-electron chi connectivity index (χ3n) is 6.72. The van der Waals surface area contributed by atoms with Gasteiger partial charge >= 0.3 is 0 Å². The number of pyridine rings is 2. The Morgan fingerprint density at radius 1 is 1.14 bits per heavy atom. The molecule has 3 aromatic rings. The molecule has 1 N–H and O–H groups in total. The maximum atomic E-state index is 13.4. The average Bonchev–Trinajstić information content (AvgIpc) is 3.61. The lowest BCUT2D eigenvalue weighted by atomic mass is 10.1. The first kappa shape index (κ1) is 24.2. The number of nitrogens with one attached hydrogen (secondary N) is 1. The third-order valence-corrected chi connectivity index (χ3v) is 7.01. The van der Waals surface area contributed by atoms with Gasteiger partial charge in [0.1, 0.15) is 23.4 Å². The van der Waals surface area contributed by atoms with Gasteiger partial charge in [0.15, 0.2) is 0 Å². The Hall–Kier alpha value is -3.49. The quantitative estimate of drug-likeness (QED) is 0.486. The summed E-state index contributed by atoms with van der Waals surface area (Å²) in [5.41, 5.74) is 5.80. The van der Waals surface area contributed by atoms with E-state index < -0.39 is 0 Å². The minimum Gasteiger partial charge on any atom is -0.495 e. The molecule has 1 fully saturated rings. The molecule has 0 radical (unpaired) electrons. The van der Waals surface area contributed by atoms with Crippen molar-refractivity contribution in [3.8, 4) is 5.75 Å². The van der Waals surface area contributed by atoms with Crippen molar-refractivity contribution in [2.24, 2.45) is 4.99 Å². The van der Waals surface area contributed by atoms with E-state index >= 15 is 0 Å². The van der Waals surface area contributed by atoms with Gasteiger partial charge in [0.25, 0.3) is 5.91 Å². The Morgan fingerprint density at radius 2 is 1.94 bits per heavy atom. The first-order chi connectivity index (χ1) is 17.6. The molecule has 1 aliphatic carbocycles. The van der Waals surface area contributed by atoms with Gasteiger partial charge in [-0.1, -0.05) is 36.6 Å². The minimum absolute atomic E-state index is 0.0268. The number of benzene rings is 1. The van der Waals surface area contributed by atoms with E-state index in [0.717, 1.165) is 42.6 Å². The molecule has 1 aliphatic heterocycles. The molecule has 0 bridgehead atoms. The molecule has 2 aromatic heterocycles. The number of ether oxygens (including phenoxy) is 1. The van der Waals surface area contributed by atoms with Crippen LogP contribution in [0.1, 0.15) is 53.5 Å². The van der Waals surface area contributed by atoms with E-state index in [4.69, 9.17) is 21.3 Å². The van der Waals surface area contributed by atoms with Gasteiger partial charge in [-0.25, -0.2) is 4.99 Å². The number of hydrogen-bond donors (Lipinski definition) is 1. The van der Waals surface area contributed by atoms with E-state index in [-0.39, 0.29) is 18.1 Å². The topological polar surface area (TPSA) is 83.0 Å². The van der Waals surface area contributed by atoms with Gasteiger partial charge in [-0.2, -0.15) is 5.01 Å². The molecule has 186 valence electrons. The standard InChI is InChI=1S/C27H29ClN6O2/c1-36-24-10-9-20(18-22(24)28)26-31-25(19-11-14-29-15-12-19)32-34(26)17-16-33(21-6-2-3-7-21)27(35)23-8-4-5-13-30-23/h4-5,8-15,18,21,26H,2-3,6-7,16-17H2,1H3,(H,31,32). The summed E-state index contributed by atoms with van der Waals surface area (Å²) in [5, 5.41) is 2.59. The molecule has 1 amide bonds. The van der Waals surface area contributed by atoms with Crippen molar-refractivity contribution in [2.45, 2.75) is 37.9 Å². The highest BCUT2D eigenvalue weighted by Gasteiger charge is 2.32. The van der Waals surface area contributed by atoms with Crippen LogP contribution in [0.15, 0.2) is 72.1 Å². The fraction of sp³-hybridized carbons (Fsp3) is 0.333. The van der Waals surface area contributed by atoms with Gasteiger partial charge in [-0.3, -0.25) is 14.8 Å². The van der Waals surface area contributed by atoms with Gasteiger partial charge in [0.2, 0.25) is 0 Å². The second kappa shape index (κ2) is 11.1. The van der Waals surface area contributed by atoms with E-state index in [2.05, 4.69) is 20.4 Å². The Balaban J connectivity index is 1.40. The number of hydrazine groups is 1. The number of carbonyl (C=O) groups is 1. The molecule has 36 heavy (non-hydrogen) atoms. The molecule has 2 aliphatic rings. The van der Waals surface area contributed by atoms with Crippen LogP contribution in [0.5, 0.6) is 5.75 Å². The number of amidine groups is 1. The zero-order valence-electron chi connectivity index (χ0n) is 20.2. The van der Waals surface area contributed by atoms with Crippen LogP contribution in [-0.4, -0.2) is 57.9 Å². The number of methoxy groups -OCH3 is 1. The van der Waals surface area contributed by atoms with Crippen LogP contribution < -0.4 is 10.2 Å². The summed E-state index contributed by atoms with van der Waals surface area (Å²) < 4.78 is 5.33. The molecule has 3 heterocycles. The SMILES string of the molecule is COc1ccc(C2N=C(c3ccncc3)NN2CCN(C(=O)c2ccccn2)C2CCCC2)cc1Cl. The summed E-state index contributed by atoms with van der Waals surface area (Å²) in [6.07, 6.45) is 9.16. The Kier molecular flexibility index (Phi) is 7.44. The molecule has 0 saturated heterocycles. The molecule has 1 aromatic carbocycles. The lowest BCUT2D eigenvalue weighted by Crippen LogP contribution is -2.47. The molecular formula is C27H29ClN6O2. The average molecular weight is 505 g/mol. The molecule has 9 heteroatoms. The van der Waals surface area contributed by atoms with Crippen LogP contribution in [0.3, 0.4) is 0 Å². The lowest BCUT2D eigenvalue weighted by Gasteiger charge is -2.32. The number of carbonyl (C=O) groups excluding carboxylic acids is 1. The highest BCUT2D eigenvalue weighted by Crippen LogP contribution is 2.33. The highest BCUT2D eigenvalue weighted by molar-refractivity contribution is 6.32. The number of aliphatic imine (C=N–C) groups is 1. The monoisotopic (exact) mass is 504 g/mol. The first-order valence-electron chi connectivity index (χ1n) is 12.2. The summed E-state index contributed by atoms with van der Waals surface area (Å²) in [5.74, 6) is 1.34. The molecular weight excluding hydrogens is 476 g/mol. The summed E-state index contributed by atoms with van der Waals surface area (Å²) in [4.78, 5) is 28.8. The number of aromatic nitrogens is 2. The smallest absolute Gasteiger partial charge is 0.272 e. The van der Waals surface area contributed by atoms with Crippen LogP contribution in [-0.2, 0) is 0 Å². The molecule has 1 atom stereocenters. The summed E-state index contributed by atoms with van der Waals surface area (Å²) in [6.45, 7) is 1.12. The van der Waals surface area contributed by atoms with Crippen molar-refractivity contribution < 1.29 is 9.53 Å². The van der Waals surface area contributed by atoms with E-state index in [1.54, 1.807) is 31.8 Å². The van der Waals surface area contributed by atoms with Gasteiger partial charge in [-0.05, 0) is 54.8 Å². The van der Waals surface area contributed by atoms with Crippen LogP contribution in [0.4, 0.5) is 0 Å². The highest BCUT2D eigenvalue weighted by atomic mass is 35.5. The number of halogens is 1. The molecule has 5 rings (SSSR count). The fourth-order valence-corrected chi connectivity index (χ4v) is 5.13. The van der Waals surface area contributed by atoms with Gasteiger partial charge in [-0.15, -0.1) is 0 Å². The van der Waals surface area contributed by atoms with Gasteiger partial charge in [0.05, 0.1) is 12.1 Å². The summed E-state index contributed by atoms with van der Waals surface area (Å²) in [7, 11) is 1.60. The van der Waals surface area contributed by atoms with Crippen molar-refractivity contribution in [1.82, 2.24) is 25.3 Å².